The topological polar surface area (TPSA) is 56.7 Å². The summed E-state index contributed by atoms with van der Waals surface area (Å²) in [6.45, 7) is 5.13. The zero-order chi connectivity index (χ0) is 12.3. The average molecular weight is 250 g/mol. The van der Waals surface area contributed by atoms with Crippen LogP contribution in [0.25, 0.3) is 0 Å². The molecule has 0 spiro atoms. The Balaban J connectivity index is 2.08. The van der Waals surface area contributed by atoms with Gasteiger partial charge in [0.2, 0.25) is 0 Å². The smallest absolute Gasteiger partial charge is 0.126 e. The number of imidazole rings is 1. The fourth-order valence-corrected chi connectivity index (χ4v) is 2.69. The molecule has 0 bridgehead atoms. The molecule has 2 aromatic heterocycles. The first-order valence-corrected chi connectivity index (χ1v) is 6.76. The molecule has 0 aliphatic rings. The second-order valence-electron chi connectivity index (χ2n) is 4.17. The Morgan fingerprint density at radius 3 is 3.00 bits per heavy atom. The number of rotatable bonds is 5. The highest BCUT2D eigenvalue weighted by molar-refractivity contribution is 7.09. The molecule has 0 radical (unpaired) electrons. The zero-order valence-corrected chi connectivity index (χ0v) is 11.1. The Hall–Kier alpha value is -1.20. The molecule has 2 N–H and O–H groups in total. The molecule has 4 nitrogen and oxygen atoms in total. The van der Waals surface area contributed by atoms with E-state index in [1.807, 2.05) is 19.3 Å². The van der Waals surface area contributed by atoms with Crippen molar-refractivity contribution in [3.05, 3.63) is 34.3 Å². The van der Waals surface area contributed by atoms with E-state index in [2.05, 4.69) is 26.8 Å². The average Bonchev–Trinajstić information content (AvgIpc) is 2.88. The van der Waals surface area contributed by atoms with Crippen molar-refractivity contribution in [1.29, 1.82) is 0 Å². The molecule has 0 aromatic carbocycles. The lowest BCUT2D eigenvalue weighted by Gasteiger charge is -2.12. The van der Waals surface area contributed by atoms with Crippen LogP contribution in [0, 0.1) is 6.92 Å². The first-order chi connectivity index (χ1) is 8.20. The molecule has 0 amide bonds. The maximum atomic E-state index is 6.20. The molecule has 2 heterocycles. The Morgan fingerprint density at radius 2 is 2.35 bits per heavy atom. The van der Waals surface area contributed by atoms with Crippen LogP contribution in [-0.2, 0) is 13.0 Å². The highest BCUT2D eigenvalue weighted by Gasteiger charge is 2.14. The zero-order valence-electron chi connectivity index (χ0n) is 10.3. The van der Waals surface area contributed by atoms with Crippen LogP contribution in [0.4, 0.5) is 0 Å². The second-order valence-corrected chi connectivity index (χ2v) is 5.11. The molecule has 17 heavy (non-hydrogen) atoms. The highest BCUT2D eigenvalue weighted by atomic mass is 32.1. The van der Waals surface area contributed by atoms with Gasteiger partial charge in [-0.05, 0) is 13.3 Å². The SMILES string of the molecule is CCCn1ccnc1C(N)Cc1nc(C)cs1. The van der Waals surface area contributed by atoms with Crippen LogP contribution in [-0.4, -0.2) is 14.5 Å². The minimum atomic E-state index is -0.0675. The predicted molar refractivity (Wildman–Crippen MR) is 70.0 cm³/mol. The summed E-state index contributed by atoms with van der Waals surface area (Å²) in [6, 6.07) is -0.0675. The summed E-state index contributed by atoms with van der Waals surface area (Å²) in [5.41, 5.74) is 7.26. The van der Waals surface area contributed by atoms with Gasteiger partial charge in [0.15, 0.2) is 0 Å². The standard InChI is InChI=1S/C12H18N4S/c1-3-5-16-6-4-14-12(16)10(13)7-11-15-9(2)8-17-11/h4,6,8,10H,3,5,7,13H2,1-2H3. The summed E-state index contributed by atoms with van der Waals surface area (Å²) in [7, 11) is 0. The van der Waals surface area contributed by atoms with Gasteiger partial charge in [0.05, 0.1) is 11.0 Å². The monoisotopic (exact) mass is 250 g/mol. The third-order valence-electron chi connectivity index (χ3n) is 2.60. The lowest BCUT2D eigenvalue weighted by atomic mass is 10.2. The van der Waals surface area contributed by atoms with Gasteiger partial charge >= 0.3 is 0 Å². The summed E-state index contributed by atoms with van der Waals surface area (Å²) in [4.78, 5) is 8.79. The molecule has 0 saturated carbocycles. The van der Waals surface area contributed by atoms with E-state index in [1.54, 1.807) is 11.3 Å². The number of aryl methyl sites for hydroxylation is 2. The molecule has 2 rings (SSSR count). The van der Waals surface area contributed by atoms with Crippen LogP contribution in [0.2, 0.25) is 0 Å². The lowest BCUT2D eigenvalue weighted by molar-refractivity contribution is 0.573. The van der Waals surface area contributed by atoms with Crippen molar-refractivity contribution in [3.63, 3.8) is 0 Å². The third kappa shape index (κ3) is 2.92. The van der Waals surface area contributed by atoms with E-state index < -0.39 is 0 Å². The number of aromatic nitrogens is 3. The van der Waals surface area contributed by atoms with Gasteiger partial charge in [-0.25, -0.2) is 9.97 Å². The van der Waals surface area contributed by atoms with Crippen LogP contribution >= 0.6 is 11.3 Å². The maximum Gasteiger partial charge on any atom is 0.126 e. The van der Waals surface area contributed by atoms with Crippen molar-refractivity contribution >= 4 is 11.3 Å². The van der Waals surface area contributed by atoms with Crippen molar-refractivity contribution in [1.82, 2.24) is 14.5 Å². The summed E-state index contributed by atoms with van der Waals surface area (Å²) >= 11 is 1.67. The minimum Gasteiger partial charge on any atom is -0.334 e. The molecule has 92 valence electrons. The molecular formula is C12H18N4S. The van der Waals surface area contributed by atoms with Crippen LogP contribution in [0.3, 0.4) is 0 Å². The quantitative estimate of drug-likeness (QED) is 0.886. The third-order valence-corrected chi connectivity index (χ3v) is 3.59. The predicted octanol–water partition coefficient (Wildman–Crippen LogP) is 2.30. The summed E-state index contributed by atoms with van der Waals surface area (Å²) in [5, 5.41) is 3.14. The van der Waals surface area contributed by atoms with E-state index in [0.717, 1.165) is 35.9 Å². The number of hydrogen-bond acceptors (Lipinski definition) is 4. The fraction of sp³-hybridized carbons (Fsp3) is 0.500. The first kappa shape index (κ1) is 12.3. The van der Waals surface area contributed by atoms with Crippen molar-refractivity contribution in [2.24, 2.45) is 5.73 Å². The number of nitrogens with two attached hydrogens (primary N) is 1. The Bertz CT molecular complexity index is 474. The second kappa shape index (κ2) is 5.42. The summed E-state index contributed by atoms with van der Waals surface area (Å²) in [6.07, 6.45) is 5.66. The number of hydrogen-bond donors (Lipinski definition) is 1. The lowest BCUT2D eigenvalue weighted by Crippen LogP contribution is -2.19. The van der Waals surface area contributed by atoms with Crippen LogP contribution in [0.15, 0.2) is 17.8 Å². The Labute approximate surface area is 106 Å². The Morgan fingerprint density at radius 1 is 1.53 bits per heavy atom. The van der Waals surface area contributed by atoms with E-state index >= 15 is 0 Å². The number of thiazole rings is 1. The van der Waals surface area contributed by atoms with E-state index in [0.29, 0.717) is 0 Å². The van der Waals surface area contributed by atoms with Gasteiger partial charge in [-0.3, -0.25) is 0 Å². The van der Waals surface area contributed by atoms with Crippen molar-refractivity contribution in [2.45, 2.75) is 39.3 Å². The van der Waals surface area contributed by atoms with Gasteiger partial charge in [0, 0.05) is 36.4 Å². The highest BCUT2D eigenvalue weighted by Crippen LogP contribution is 2.18. The van der Waals surface area contributed by atoms with Crippen molar-refractivity contribution in [3.8, 4) is 0 Å². The molecule has 0 fully saturated rings. The molecule has 0 aliphatic carbocycles. The van der Waals surface area contributed by atoms with Crippen LogP contribution in [0.1, 0.15) is 35.9 Å². The van der Waals surface area contributed by atoms with E-state index in [9.17, 15) is 0 Å². The van der Waals surface area contributed by atoms with Crippen molar-refractivity contribution in [2.75, 3.05) is 0 Å². The molecular weight excluding hydrogens is 232 g/mol. The van der Waals surface area contributed by atoms with Crippen molar-refractivity contribution < 1.29 is 0 Å². The largest absolute Gasteiger partial charge is 0.334 e. The minimum absolute atomic E-state index is 0.0675. The molecule has 0 saturated heterocycles. The van der Waals surface area contributed by atoms with Crippen LogP contribution in [0.5, 0.6) is 0 Å². The van der Waals surface area contributed by atoms with E-state index in [-0.39, 0.29) is 6.04 Å². The molecule has 5 heteroatoms. The van der Waals surface area contributed by atoms with Gasteiger partial charge in [0.1, 0.15) is 5.82 Å². The Kier molecular flexibility index (Phi) is 3.91. The van der Waals surface area contributed by atoms with Gasteiger partial charge in [-0.2, -0.15) is 0 Å². The van der Waals surface area contributed by atoms with Gasteiger partial charge in [0.25, 0.3) is 0 Å². The molecule has 0 aliphatic heterocycles. The van der Waals surface area contributed by atoms with Gasteiger partial charge in [-0.15, -0.1) is 11.3 Å². The molecule has 1 atom stereocenters. The van der Waals surface area contributed by atoms with Crippen LogP contribution < -0.4 is 5.73 Å². The molecule has 2 aromatic rings. The van der Waals surface area contributed by atoms with Gasteiger partial charge < -0.3 is 10.3 Å². The maximum absolute atomic E-state index is 6.20. The number of nitrogens with zero attached hydrogens (tertiary/aromatic N) is 3. The van der Waals surface area contributed by atoms with E-state index in [4.69, 9.17) is 5.73 Å². The summed E-state index contributed by atoms with van der Waals surface area (Å²) in [5.74, 6) is 0.958. The fourth-order valence-electron chi connectivity index (χ4n) is 1.86. The summed E-state index contributed by atoms with van der Waals surface area (Å²) < 4.78 is 2.13. The van der Waals surface area contributed by atoms with Gasteiger partial charge in [-0.1, -0.05) is 6.92 Å². The normalized spacial score (nSPS) is 12.9. The first-order valence-electron chi connectivity index (χ1n) is 5.88. The van der Waals surface area contributed by atoms with E-state index in [1.165, 1.54) is 0 Å². The molecule has 1 unspecified atom stereocenters.